The minimum atomic E-state index is -1.25. The Balaban J connectivity index is 1.23. The molecule has 2 aliphatic heterocycles. The van der Waals surface area contributed by atoms with E-state index >= 15 is 0 Å². The van der Waals surface area contributed by atoms with Gasteiger partial charge in [0.15, 0.2) is 11.6 Å². The highest BCUT2D eigenvalue weighted by Gasteiger charge is 2.24. The average molecular weight is 567 g/mol. The van der Waals surface area contributed by atoms with Crippen LogP contribution in [-0.2, 0) is 27.1 Å². The number of fused-ring (bicyclic) bond motifs is 2. The van der Waals surface area contributed by atoms with Gasteiger partial charge in [-0.3, -0.25) is 14.8 Å². The summed E-state index contributed by atoms with van der Waals surface area (Å²) in [4.78, 5) is 27.4. The number of carbonyl (C=O) groups is 1. The van der Waals surface area contributed by atoms with Crippen LogP contribution in [0.15, 0.2) is 43.1 Å². The van der Waals surface area contributed by atoms with Gasteiger partial charge >= 0.3 is 0 Å². The molecule has 204 valence electrons. The van der Waals surface area contributed by atoms with E-state index in [2.05, 4.69) is 38.0 Å². The number of aromatic amines is 1. The molecule has 1 amide bonds. The standard InChI is InChI=1S/C26H30N8O3S2/c1-2-23(35)27-17-39(36)34-8-6-32(7-9-34)16-18-14-22-24(38-18)26(33-10-12-37-13-11-33)30-25(29-22)19-4-3-5-21-20(19)15-28-31-21/h2-5,14-15H,1,6-13,16-17H2,(H,27,35)(H,28,31). The molecule has 3 aromatic heterocycles. The van der Waals surface area contributed by atoms with Gasteiger partial charge in [-0.2, -0.15) is 5.10 Å². The molecule has 2 aliphatic rings. The molecule has 6 rings (SSSR count). The third kappa shape index (κ3) is 5.58. The van der Waals surface area contributed by atoms with Crippen molar-refractivity contribution in [2.75, 3.05) is 63.3 Å². The van der Waals surface area contributed by atoms with E-state index in [0.29, 0.717) is 32.1 Å². The lowest BCUT2D eigenvalue weighted by molar-refractivity contribution is -0.116. The fraction of sp³-hybridized carbons (Fsp3) is 0.385. The molecule has 0 spiro atoms. The van der Waals surface area contributed by atoms with Crippen LogP contribution in [0.3, 0.4) is 0 Å². The topological polar surface area (TPSA) is 120 Å². The largest absolute Gasteiger partial charge is 0.378 e. The van der Waals surface area contributed by atoms with Crippen molar-refractivity contribution in [2.24, 2.45) is 0 Å². The lowest BCUT2D eigenvalue weighted by atomic mass is 10.1. The van der Waals surface area contributed by atoms with Crippen LogP contribution in [0, 0.1) is 0 Å². The normalized spacial score (nSPS) is 18.0. The number of amides is 1. The average Bonchev–Trinajstić information content (AvgIpc) is 3.62. The molecular weight excluding hydrogens is 536 g/mol. The van der Waals surface area contributed by atoms with Gasteiger partial charge < -0.3 is 15.0 Å². The van der Waals surface area contributed by atoms with E-state index in [1.54, 1.807) is 11.3 Å². The SMILES string of the molecule is C=CC(=O)NCS(=O)N1CCN(Cc2cc3nc(-c4cccc5[nH]ncc45)nc(N4CCOCC4)c3s2)CC1. The Labute approximate surface area is 232 Å². The van der Waals surface area contributed by atoms with E-state index < -0.39 is 11.0 Å². The van der Waals surface area contributed by atoms with Crippen molar-refractivity contribution in [3.63, 3.8) is 0 Å². The molecule has 39 heavy (non-hydrogen) atoms. The van der Waals surface area contributed by atoms with Crippen molar-refractivity contribution in [2.45, 2.75) is 6.54 Å². The Hall–Kier alpha value is -3.23. The summed E-state index contributed by atoms with van der Waals surface area (Å²) in [6.07, 6.45) is 3.02. The fourth-order valence-electron chi connectivity index (χ4n) is 4.92. The van der Waals surface area contributed by atoms with Crippen molar-refractivity contribution in [1.82, 2.24) is 34.7 Å². The molecule has 11 nitrogen and oxygen atoms in total. The number of carbonyl (C=O) groups excluding carboxylic acids is 1. The Morgan fingerprint density at radius 1 is 1.18 bits per heavy atom. The summed E-state index contributed by atoms with van der Waals surface area (Å²) < 4.78 is 21.1. The first kappa shape index (κ1) is 26.0. The van der Waals surface area contributed by atoms with Gasteiger partial charge in [0.05, 0.1) is 35.1 Å². The number of nitrogens with zero attached hydrogens (tertiary/aromatic N) is 6. The number of thiophene rings is 1. The van der Waals surface area contributed by atoms with Gasteiger partial charge in [-0.05, 0) is 18.2 Å². The highest BCUT2D eigenvalue weighted by molar-refractivity contribution is 7.82. The summed E-state index contributed by atoms with van der Waals surface area (Å²) in [5.74, 6) is 1.45. The van der Waals surface area contributed by atoms with Crippen molar-refractivity contribution in [1.29, 1.82) is 0 Å². The van der Waals surface area contributed by atoms with Gasteiger partial charge in [-0.15, -0.1) is 11.3 Å². The molecule has 2 fully saturated rings. The lowest BCUT2D eigenvalue weighted by Gasteiger charge is -2.33. The second-order valence-electron chi connectivity index (χ2n) is 9.45. The second-order valence-corrected chi connectivity index (χ2v) is 12.0. The summed E-state index contributed by atoms with van der Waals surface area (Å²) in [5, 5.41) is 10.9. The van der Waals surface area contributed by atoms with Gasteiger partial charge in [0.1, 0.15) is 16.9 Å². The van der Waals surface area contributed by atoms with Crippen LogP contribution in [0.4, 0.5) is 5.82 Å². The van der Waals surface area contributed by atoms with Crippen LogP contribution in [0.1, 0.15) is 4.88 Å². The van der Waals surface area contributed by atoms with Gasteiger partial charge in [0.25, 0.3) is 0 Å². The number of benzene rings is 1. The van der Waals surface area contributed by atoms with Gasteiger partial charge in [-0.25, -0.2) is 18.5 Å². The monoisotopic (exact) mass is 566 g/mol. The fourth-order valence-corrected chi connectivity index (χ4v) is 7.10. The molecule has 1 unspecified atom stereocenters. The summed E-state index contributed by atoms with van der Waals surface area (Å²) in [7, 11) is -1.25. The number of rotatable bonds is 8. The van der Waals surface area contributed by atoms with Crippen LogP contribution in [0.5, 0.6) is 0 Å². The quantitative estimate of drug-likeness (QED) is 0.311. The first-order chi connectivity index (χ1) is 19.1. The number of aromatic nitrogens is 4. The number of hydrogen-bond acceptors (Lipinski definition) is 9. The second kappa shape index (κ2) is 11.5. The maximum Gasteiger partial charge on any atom is 0.244 e. The maximum atomic E-state index is 12.5. The number of hydrogen-bond donors (Lipinski definition) is 2. The number of H-pyrrole nitrogens is 1. The predicted molar refractivity (Wildman–Crippen MR) is 154 cm³/mol. The Morgan fingerprint density at radius 2 is 2.00 bits per heavy atom. The highest BCUT2D eigenvalue weighted by atomic mass is 32.2. The van der Waals surface area contributed by atoms with Crippen LogP contribution in [-0.4, -0.2) is 97.8 Å². The predicted octanol–water partition coefficient (Wildman–Crippen LogP) is 2.11. The van der Waals surface area contributed by atoms with Crippen molar-refractivity contribution < 1.29 is 13.7 Å². The Bertz CT molecular complexity index is 1520. The van der Waals surface area contributed by atoms with Crippen LogP contribution in [0.2, 0.25) is 0 Å². The number of piperazine rings is 1. The van der Waals surface area contributed by atoms with Crippen LogP contribution >= 0.6 is 11.3 Å². The number of ether oxygens (including phenoxy) is 1. The van der Waals surface area contributed by atoms with E-state index in [1.165, 1.54) is 11.0 Å². The number of anilines is 1. The molecular formula is C26H30N8O3S2. The zero-order chi connectivity index (χ0) is 26.8. The molecule has 0 saturated carbocycles. The summed E-state index contributed by atoms with van der Waals surface area (Å²) in [5.41, 5.74) is 2.86. The van der Waals surface area contributed by atoms with E-state index in [-0.39, 0.29) is 11.8 Å². The van der Waals surface area contributed by atoms with E-state index in [9.17, 15) is 9.00 Å². The van der Waals surface area contributed by atoms with Crippen molar-refractivity contribution in [3.05, 3.63) is 48.0 Å². The third-order valence-electron chi connectivity index (χ3n) is 7.00. The smallest absolute Gasteiger partial charge is 0.244 e. The highest BCUT2D eigenvalue weighted by Crippen LogP contribution is 2.36. The molecule has 2 saturated heterocycles. The Morgan fingerprint density at radius 3 is 2.79 bits per heavy atom. The maximum absolute atomic E-state index is 12.5. The zero-order valence-corrected chi connectivity index (χ0v) is 23.1. The minimum absolute atomic E-state index is 0.110. The van der Waals surface area contributed by atoms with Gasteiger partial charge in [0, 0.05) is 61.6 Å². The minimum Gasteiger partial charge on any atom is -0.378 e. The zero-order valence-electron chi connectivity index (χ0n) is 21.5. The molecule has 0 bridgehead atoms. The molecule has 2 N–H and O–H groups in total. The van der Waals surface area contributed by atoms with E-state index in [1.807, 2.05) is 28.7 Å². The summed E-state index contributed by atoms with van der Waals surface area (Å²) >= 11 is 1.74. The van der Waals surface area contributed by atoms with Gasteiger partial charge in [0.2, 0.25) is 5.91 Å². The number of morpholine rings is 1. The summed E-state index contributed by atoms with van der Waals surface area (Å²) in [6.45, 7) is 10.1. The van der Waals surface area contributed by atoms with E-state index in [0.717, 1.165) is 65.2 Å². The third-order valence-corrected chi connectivity index (χ3v) is 9.43. The molecule has 0 radical (unpaired) electrons. The first-order valence-electron chi connectivity index (χ1n) is 12.9. The summed E-state index contributed by atoms with van der Waals surface area (Å²) in [6, 6.07) is 8.22. The molecule has 13 heteroatoms. The van der Waals surface area contributed by atoms with Gasteiger partial charge in [-0.1, -0.05) is 18.7 Å². The van der Waals surface area contributed by atoms with Crippen molar-refractivity contribution in [3.8, 4) is 11.4 Å². The van der Waals surface area contributed by atoms with E-state index in [4.69, 9.17) is 14.7 Å². The molecule has 0 aliphatic carbocycles. The molecule has 5 heterocycles. The molecule has 1 aromatic carbocycles. The number of nitrogens with one attached hydrogen (secondary N) is 2. The van der Waals surface area contributed by atoms with Crippen LogP contribution < -0.4 is 10.2 Å². The van der Waals surface area contributed by atoms with Crippen LogP contribution in [0.25, 0.3) is 32.5 Å². The Kier molecular flexibility index (Phi) is 7.66. The molecule has 4 aromatic rings. The lowest BCUT2D eigenvalue weighted by Crippen LogP contribution is -2.48. The first-order valence-corrected chi connectivity index (χ1v) is 15.0. The molecule has 1 atom stereocenters. The van der Waals surface area contributed by atoms with Crippen molar-refractivity contribution >= 4 is 55.2 Å².